The monoisotopic (exact) mass is 752 g/mol. The molecule has 0 spiro atoms. The lowest BCUT2D eigenvalue weighted by molar-refractivity contribution is -0.384. The minimum atomic E-state index is -4.14. The number of esters is 1. The second-order valence-corrected chi connectivity index (χ2v) is 15.1. The lowest BCUT2D eigenvalue weighted by Gasteiger charge is -2.31. The Hall–Kier alpha value is -5.37. The topological polar surface area (TPSA) is 229 Å². The lowest BCUT2D eigenvalue weighted by atomic mass is 10.1. The molecule has 0 saturated heterocycles. The van der Waals surface area contributed by atoms with E-state index in [1.165, 1.54) is 6.20 Å². The van der Waals surface area contributed by atoms with Gasteiger partial charge in [-0.05, 0) is 77.4 Å². The van der Waals surface area contributed by atoms with Crippen LogP contribution in [0.1, 0.15) is 47.1 Å². The van der Waals surface area contributed by atoms with Gasteiger partial charge in [0.1, 0.15) is 42.2 Å². The fraction of sp³-hybridized carbons (Fsp3) is 0.412. The first-order valence-electron chi connectivity index (χ1n) is 16.2. The van der Waals surface area contributed by atoms with Gasteiger partial charge in [0.15, 0.2) is 0 Å². The van der Waals surface area contributed by atoms with E-state index in [-0.39, 0.29) is 55.1 Å². The molecule has 3 aromatic heterocycles. The predicted octanol–water partition coefficient (Wildman–Crippen LogP) is 3.61. The summed E-state index contributed by atoms with van der Waals surface area (Å²) < 4.78 is 46.4. The number of rotatable bonds is 17. The Kier molecular flexibility index (Phi) is 13.3. The van der Waals surface area contributed by atoms with Crippen LogP contribution in [0.25, 0.3) is 23.0 Å². The Morgan fingerprint density at radius 1 is 0.868 bits per heavy atom. The zero-order valence-corrected chi connectivity index (χ0v) is 30.8. The molecule has 0 fully saturated rings. The largest absolute Gasteiger partial charge is 0.490 e. The summed E-state index contributed by atoms with van der Waals surface area (Å²) >= 11 is 0. The number of nitro benzene ring substituents is 1. The number of pyridine rings is 2. The molecule has 3 heterocycles. The van der Waals surface area contributed by atoms with Crippen molar-refractivity contribution >= 4 is 28.1 Å². The SMILES string of the molecule is CC(C)(C)OCC(C=O)N(CC(=O)OC(C)(C)C)Cc1ccc(-c2nnc(-c3ccc(OCCOS(=O)(=O)c4ccc([N+](=O)[O-])cc4)cn3)nn2)nc1. The van der Waals surface area contributed by atoms with Crippen molar-refractivity contribution in [3.8, 4) is 28.8 Å². The number of aromatic nitrogens is 6. The van der Waals surface area contributed by atoms with Gasteiger partial charge in [-0.2, -0.15) is 8.42 Å². The molecule has 18 nitrogen and oxygen atoms in total. The third-order valence-corrected chi connectivity index (χ3v) is 8.20. The van der Waals surface area contributed by atoms with Crippen molar-refractivity contribution in [1.82, 2.24) is 35.3 Å². The molecule has 0 aliphatic carbocycles. The van der Waals surface area contributed by atoms with Crippen LogP contribution in [0.15, 0.2) is 65.8 Å². The Morgan fingerprint density at radius 3 is 1.96 bits per heavy atom. The smallest absolute Gasteiger partial charge is 0.320 e. The first-order chi connectivity index (χ1) is 24.9. The maximum absolute atomic E-state index is 12.7. The number of carbonyl (C=O) groups is 2. The number of hydrogen-bond donors (Lipinski definition) is 0. The number of hydrogen-bond acceptors (Lipinski definition) is 17. The molecule has 0 aliphatic rings. The number of carbonyl (C=O) groups excluding carboxylic acids is 2. The van der Waals surface area contributed by atoms with Crippen molar-refractivity contribution in [1.29, 1.82) is 0 Å². The van der Waals surface area contributed by atoms with Crippen LogP contribution >= 0.6 is 0 Å². The van der Waals surface area contributed by atoms with Gasteiger partial charge in [-0.15, -0.1) is 20.4 Å². The molecular formula is C34H40N8O10S. The normalized spacial score (nSPS) is 12.7. The third kappa shape index (κ3) is 12.7. The van der Waals surface area contributed by atoms with E-state index in [4.69, 9.17) is 18.4 Å². The van der Waals surface area contributed by atoms with Crippen molar-refractivity contribution in [3.63, 3.8) is 0 Å². The number of ether oxygens (including phenoxy) is 3. The van der Waals surface area contributed by atoms with Crippen LogP contribution in [0, 0.1) is 10.1 Å². The summed E-state index contributed by atoms with van der Waals surface area (Å²) in [5.74, 6) is 0.120. The lowest BCUT2D eigenvalue weighted by Crippen LogP contribution is -2.45. The molecule has 19 heteroatoms. The average Bonchev–Trinajstić information content (AvgIpc) is 3.10. The van der Waals surface area contributed by atoms with E-state index in [9.17, 15) is 28.1 Å². The van der Waals surface area contributed by atoms with E-state index in [2.05, 4.69) is 30.4 Å². The first kappa shape index (κ1) is 40.4. The summed E-state index contributed by atoms with van der Waals surface area (Å²) in [4.78, 5) is 45.0. The Morgan fingerprint density at radius 2 is 1.47 bits per heavy atom. The summed E-state index contributed by atoms with van der Waals surface area (Å²) in [6.07, 6.45) is 3.71. The van der Waals surface area contributed by atoms with Gasteiger partial charge in [0.2, 0.25) is 11.6 Å². The highest BCUT2D eigenvalue weighted by Gasteiger charge is 2.26. The van der Waals surface area contributed by atoms with Crippen LogP contribution in [0.3, 0.4) is 0 Å². The van der Waals surface area contributed by atoms with Crippen LogP contribution in [0.4, 0.5) is 5.69 Å². The zero-order chi connectivity index (χ0) is 38.8. The summed E-state index contributed by atoms with van der Waals surface area (Å²) in [5.41, 5.74) is 0.0170. The summed E-state index contributed by atoms with van der Waals surface area (Å²) in [5, 5.41) is 27.2. The molecule has 0 aliphatic heterocycles. The standard InChI is InChI=1S/C34H40N8O10S/c1-33(2,3)50-22-25(21-43)41(20-30(44)52-34(4,5)6)19-23-7-13-28(35-17-23)31-37-39-32(40-38-31)29-14-10-26(18-36-29)49-15-16-51-53(47,48)27-11-8-24(9-12-27)42(45)46/h7-14,17-18,21,25H,15-16,19-20,22H2,1-6H3. The molecule has 282 valence electrons. The van der Waals surface area contributed by atoms with Crippen LogP contribution < -0.4 is 4.74 Å². The van der Waals surface area contributed by atoms with Gasteiger partial charge in [0.25, 0.3) is 15.8 Å². The Labute approximate surface area is 306 Å². The van der Waals surface area contributed by atoms with E-state index in [0.717, 1.165) is 30.6 Å². The highest BCUT2D eigenvalue weighted by Crippen LogP contribution is 2.20. The molecule has 4 rings (SSSR count). The van der Waals surface area contributed by atoms with Crippen LogP contribution in [0.5, 0.6) is 5.75 Å². The van der Waals surface area contributed by atoms with Crippen LogP contribution in [0.2, 0.25) is 0 Å². The van der Waals surface area contributed by atoms with E-state index >= 15 is 0 Å². The molecule has 0 N–H and O–H groups in total. The minimum absolute atomic E-state index is 0.0819. The molecule has 1 aromatic carbocycles. The highest BCUT2D eigenvalue weighted by molar-refractivity contribution is 7.86. The van der Waals surface area contributed by atoms with E-state index < -0.39 is 38.3 Å². The van der Waals surface area contributed by atoms with Crippen molar-refractivity contribution in [2.75, 3.05) is 26.4 Å². The van der Waals surface area contributed by atoms with Crippen molar-refractivity contribution in [2.45, 2.75) is 70.2 Å². The van der Waals surface area contributed by atoms with Gasteiger partial charge >= 0.3 is 5.97 Å². The fourth-order valence-electron chi connectivity index (χ4n) is 4.42. The molecule has 1 atom stereocenters. The second-order valence-electron chi connectivity index (χ2n) is 13.5. The van der Waals surface area contributed by atoms with Gasteiger partial charge in [0, 0.05) is 24.9 Å². The third-order valence-electron chi connectivity index (χ3n) is 6.88. The van der Waals surface area contributed by atoms with Gasteiger partial charge < -0.3 is 19.0 Å². The number of nitrogens with zero attached hydrogens (tertiary/aromatic N) is 8. The number of aldehydes is 1. The maximum Gasteiger partial charge on any atom is 0.320 e. The second kappa shape index (κ2) is 17.4. The van der Waals surface area contributed by atoms with Gasteiger partial charge in [0.05, 0.1) is 40.8 Å². The Bertz CT molecular complexity index is 1950. The van der Waals surface area contributed by atoms with Gasteiger partial charge in [-0.25, -0.2) is 4.98 Å². The zero-order valence-electron chi connectivity index (χ0n) is 30.0. The molecule has 0 saturated carbocycles. The molecule has 53 heavy (non-hydrogen) atoms. The average molecular weight is 753 g/mol. The van der Waals surface area contributed by atoms with Crippen LogP contribution in [-0.2, 0) is 39.9 Å². The van der Waals surface area contributed by atoms with E-state index in [1.807, 2.05) is 20.8 Å². The molecule has 0 radical (unpaired) electrons. The molecule has 1 unspecified atom stereocenters. The number of benzene rings is 1. The van der Waals surface area contributed by atoms with Crippen molar-refractivity contribution < 1.29 is 41.3 Å². The highest BCUT2D eigenvalue weighted by atomic mass is 32.2. The van der Waals surface area contributed by atoms with Gasteiger partial charge in [-0.1, -0.05) is 6.07 Å². The number of nitro groups is 1. The summed E-state index contributed by atoms with van der Waals surface area (Å²) in [6.45, 7) is 10.7. The maximum atomic E-state index is 12.7. The molecule has 0 amide bonds. The first-order valence-corrected chi connectivity index (χ1v) is 17.6. The van der Waals surface area contributed by atoms with E-state index in [1.54, 1.807) is 56.1 Å². The minimum Gasteiger partial charge on any atom is -0.490 e. The number of non-ortho nitro benzene ring substituents is 1. The van der Waals surface area contributed by atoms with Crippen molar-refractivity contribution in [2.24, 2.45) is 0 Å². The Balaban J connectivity index is 1.33. The summed E-state index contributed by atoms with van der Waals surface area (Å²) in [7, 11) is -4.14. The molecular weight excluding hydrogens is 712 g/mol. The molecule has 0 bridgehead atoms. The van der Waals surface area contributed by atoms with Crippen LogP contribution in [-0.4, -0.2) is 104 Å². The van der Waals surface area contributed by atoms with E-state index in [0.29, 0.717) is 22.7 Å². The summed E-state index contributed by atoms with van der Waals surface area (Å²) in [6, 6.07) is 10.2. The van der Waals surface area contributed by atoms with Gasteiger partial charge in [-0.3, -0.25) is 29.0 Å². The quantitative estimate of drug-likeness (QED) is 0.0374. The molecule has 4 aromatic rings. The predicted molar refractivity (Wildman–Crippen MR) is 188 cm³/mol. The fourth-order valence-corrected chi connectivity index (χ4v) is 5.31. The van der Waals surface area contributed by atoms with Crippen molar-refractivity contribution in [3.05, 3.63) is 76.6 Å².